The lowest BCUT2D eigenvalue weighted by Crippen LogP contribution is -2.49. The fourth-order valence-corrected chi connectivity index (χ4v) is 3.48. The number of hydrogen-bond donors (Lipinski definition) is 0. The van der Waals surface area contributed by atoms with Gasteiger partial charge in [0, 0.05) is 31.6 Å². The van der Waals surface area contributed by atoms with Crippen molar-refractivity contribution in [3.05, 3.63) is 41.4 Å². The minimum Gasteiger partial charge on any atom is -0.491 e. The molecule has 7 heteroatoms. The molecule has 1 saturated heterocycles. The Morgan fingerprint density at radius 1 is 1.16 bits per heavy atom. The zero-order valence-corrected chi connectivity index (χ0v) is 15.2. The molecule has 0 bridgehead atoms. The number of nitrogens with zero attached hydrogens (tertiary/aromatic N) is 3. The van der Waals surface area contributed by atoms with Gasteiger partial charge < -0.3 is 19.3 Å². The third kappa shape index (κ3) is 5.17. The highest BCUT2D eigenvalue weighted by Gasteiger charge is 2.22. The molecule has 0 N–H and O–H groups in total. The van der Waals surface area contributed by atoms with E-state index in [1.807, 2.05) is 42.2 Å². The molecule has 2 heterocycles. The van der Waals surface area contributed by atoms with E-state index >= 15 is 0 Å². The third-order valence-electron chi connectivity index (χ3n) is 3.97. The Kier molecular flexibility index (Phi) is 6.25. The van der Waals surface area contributed by atoms with E-state index in [4.69, 9.17) is 9.47 Å². The molecule has 0 radical (unpaired) electrons. The monoisotopic (exact) mass is 361 g/mol. The maximum Gasteiger partial charge on any atom is 0.248 e. The first-order valence-electron chi connectivity index (χ1n) is 8.43. The number of hydrogen-bond acceptors (Lipinski definition) is 6. The molecule has 0 aliphatic carbocycles. The van der Waals surface area contributed by atoms with Crippen molar-refractivity contribution in [2.75, 3.05) is 50.9 Å². The number of amides is 1. The number of piperazine rings is 1. The van der Waals surface area contributed by atoms with Crippen LogP contribution in [0.25, 0.3) is 0 Å². The maximum atomic E-state index is 12.2. The molecular formula is C18H23N3O3S. The topological polar surface area (TPSA) is 54.9 Å². The number of aryl methyl sites for hydroxylation is 1. The standard InChI is InChI=1S/C18H23N3O3S/c1-15-14-25-18(19-15)21-9-7-20(8-10-21)17(22)13-23-11-12-24-16-5-3-2-4-6-16/h2-6,14H,7-13H2,1H3. The average Bonchev–Trinajstić information content (AvgIpc) is 3.09. The van der Waals surface area contributed by atoms with Crippen LogP contribution < -0.4 is 9.64 Å². The second-order valence-corrected chi connectivity index (χ2v) is 6.69. The highest BCUT2D eigenvalue weighted by molar-refractivity contribution is 7.13. The molecular weight excluding hydrogens is 338 g/mol. The van der Waals surface area contributed by atoms with Gasteiger partial charge in [-0.1, -0.05) is 18.2 Å². The Balaban J connectivity index is 1.31. The Morgan fingerprint density at radius 3 is 2.60 bits per heavy atom. The third-order valence-corrected chi connectivity index (χ3v) is 4.99. The lowest BCUT2D eigenvalue weighted by molar-refractivity contribution is -0.136. The first-order valence-corrected chi connectivity index (χ1v) is 9.31. The van der Waals surface area contributed by atoms with E-state index in [1.165, 1.54) is 0 Å². The van der Waals surface area contributed by atoms with E-state index < -0.39 is 0 Å². The summed E-state index contributed by atoms with van der Waals surface area (Å²) in [7, 11) is 0. The van der Waals surface area contributed by atoms with Crippen molar-refractivity contribution in [3.8, 4) is 5.75 Å². The van der Waals surface area contributed by atoms with Crippen molar-refractivity contribution in [1.82, 2.24) is 9.88 Å². The minimum absolute atomic E-state index is 0.0367. The van der Waals surface area contributed by atoms with Crippen molar-refractivity contribution >= 4 is 22.4 Å². The van der Waals surface area contributed by atoms with Gasteiger partial charge in [0.1, 0.15) is 19.0 Å². The van der Waals surface area contributed by atoms with Gasteiger partial charge in [0.2, 0.25) is 5.91 Å². The van der Waals surface area contributed by atoms with Gasteiger partial charge >= 0.3 is 0 Å². The molecule has 0 spiro atoms. The smallest absolute Gasteiger partial charge is 0.248 e. The second kappa shape index (κ2) is 8.82. The quantitative estimate of drug-likeness (QED) is 0.708. The lowest BCUT2D eigenvalue weighted by Gasteiger charge is -2.34. The first kappa shape index (κ1) is 17.7. The molecule has 1 amide bonds. The van der Waals surface area contributed by atoms with Gasteiger partial charge in [0.05, 0.1) is 12.3 Å². The van der Waals surface area contributed by atoms with Crippen LogP contribution in [0.2, 0.25) is 0 Å². The van der Waals surface area contributed by atoms with Crippen LogP contribution in [0.1, 0.15) is 5.69 Å². The van der Waals surface area contributed by atoms with Gasteiger partial charge in [-0.05, 0) is 19.1 Å². The number of para-hydroxylation sites is 1. The molecule has 1 aromatic heterocycles. The van der Waals surface area contributed by atoms with Crippen LogP contribution in [0, 0.1) is 6.92 Å². The molecule has 1 aliphatic rings. The largest absolute Gasteiger partial charge is 0.491 e. The summed E-state index contributed by atoms with van der Waals surface area (Å²) in [5, 5.41) is 3.09. The van der Waals surface area contributed by atoms with Gasteiger partial charge in [0.15, 0.2) is 5.13 Å². The molecule has 6 nitrogen and oxygen atoms in total. The molecule has 2 aromatic rings. The number of carbonyl (C=O) groups is 1. The summed E-state index contributed by atoms with van der Waals surface area (Å²) in [5.74, 6) is 0.848. The number of benzene rings is 1. The average molecular weight is 361 g/mol. The second-order valence-electron chi connectivity index (χ2n) is 5.85. The van der Waals surface area contributed by atoms with E-state index in [-0.39, 0.29) is 12.5 Å². The molecule has 1 aliphatic heterocycles. The van der Waals surface area contributed by atoms with Crippen molar-refractivity contribution in [1.29, 1.82) is 0 Å². The first-order chi connectivity index (χ1) is 12.2. The summed E-state index contributed by atoms with van der Waals surface area (Å²) in [6.45, 7) is 5.99. The lowest BCUT2D eigenvalue weighted by atomic mass is 10.3. The van der Waals surface area contributed by atoms with Crippen molar-refractivity contribution < 1.29 is 14.3 Å². The minimum atomic E-state index is 0.0367. The van der Waals surface area contributed by atoms with Crippen LogP contribution in [-0.2, 0) is 9.53 Å². The van der Waals surface area contributed by atoms with Crippen molar-refractivity contribution in [2.24, 2.45) is 0 Å². The fourth-order valence-electron chi connectivity index (χ4n) is 2.62. The summed E-state index contributed by atoms with van der Waals surface area (Å²) in [5.41, 5.74) is 1.05. The van der Waals surface area contributed by atoms with Gasteiger partial charge in [-0.25, -0.2) is 4.98 Å². The van der Waals surface area contributed by atoms with Crippen LogP contribution in [0.5, 0.6) is 5.75 Å². The van der Waals surface area contributed by atoms with Crippen molar-refractivity contribution in [3.63, 3.8) is 0 Å². The van der Waals surface area contributed by atoms with Crippen molar-refractivity contribution in [2.45, 2.75) is 6.92 Å². The van der Waals surface area contributed by atoms with Crippen LogP contribution in [0.3, 0.4) is 0 Å². The molecule has 1 fully saturated rings. The number of carbonyl (C=O) groups excluding carboxylic acids is 1. The molecule has 0 saturated carbocycles. The number of aromatic nitrogens is 1. The van der Waals surface area contributed by atoms with Gasteiger partial charge in [-0.15, -0.1) is 11.3 Å². The van der Waals surface area contributed by atoms with Gasteiger partial charge in [0.25, 0.3) is 0 Å². The van der Waals surface area contributed by atoms with Crippen LogP contribution in [0.4, 0.5) is 5.13 Å². The summed E-state index contributed by atoms with van der Waals surface area (Å²) in [6, 6.07) is 9.58. The van der Waals surface area contributed by atoms with E-state index in [0.29, 0.717) is 26.3 Å². The molecule has 25 heavy (non-hydrogen) atoms. The Bertz CT molecular complexity index is 669. The summed E-state index contributed by atoms with van der Waals surface area (Å²) in [6.07, 6.45) is 0. The molecule has 134 valence electrons. The number of anilines is 1. The summed E-state index contributed by atoms with van der Waals surface area (Å²) >= 11 is 1.66. The predicted molar refractivity (Wildman–Crippen MR) is 98.4 cm³/mol. The van der Waals surface area contributed by atoms with Crippen LogP contribution in [-0.4, -0.2) is 61.8 Å². The number of rotatable bonds is 7. The molecule has 3 rings (SSSR count). The van der Waals surface area contributed by atoms with E-state index in [2.05, 4.69) is 15.3 Å². The zero-order chi connectivity index (χ0) is 17.5. The predicted octanol–water partition coefficient (Wildman–Crippen LogP) is 2.20. The normalized spacial score (nSPS) is 14.6. The Hall–Kier alpha value is -2.12. The van der Waals surface area contributed by atoms with Crippen LogP contribution >= 0.6 is 11.3 Å². The van der Waals surface area contributed by atoms with Crippen LogP contribution in [0.15, 0.2) is 35.7 Å². The number of thiazole rings is 1. The van der Waals surface area contributed by atoms with Gasteiger partial charge in [-0.3, -0.25) is 4.79 Å². The molecule has 0 atom stereocenters. The Labute approximate surface area is 152 Å². The van der Waals surface area contributed by atoms with E-state index in [1.54, 1.807) is 11.3 Å². The maximum absolute atomic E-state index is 12.2. The zero-order valence-electron chi connectivity index (χ0n) is 14.4. The Morgan fingerprint density at radius 2 is 1.92 bits per heavy atom. The van der Waals surface area contributed by atoms with Gasteiger partial charge in [-0.2, -0.15) is 0 Å². The molecule has 1 aromatic carbocycles. The highest BCUT2D eigenvalue weighted by atomic mass is 32.1. The number of ether oxygens (including phenoxy) is 2. The van der Waals surface area contributed by atoms with E-state index in [9.17, 15) is 4.79 Å². The SMILES string of the molecule is Cc1csc(N2CCN(C(=O)COCCOc3ccccc3)CC2)n1. The highest BCUT2D eigenvalue weighted by Crippen LogP contribution is 2.21. The summed E-state index contributed by atoms with van der Waals surface area (Å²) < 4.78 is 11.0. The molecule has 0 unspecified atom stereocenters. The summed E-state index contributed by atoms with van der Waals surface area (Å²) in [4.78, 5) is 20.8. The fraction of sp³-hybridized carbons (Fsp3) is 0.444. The van der Waals surface area contributed by atoms with E-state index in [0.717, 1.165) is 29.7 Å².